The first kappa shape index (κ1) is 46.1. The Morgan fingerprint density at radius 2 is 0.719 bits per heavy atom. The smallest absolute Gasteiger partial charge is 0.549 e. The molecule has 160 valence electrons. The fourth-order valence-electron chi connectivity index (χ4n) is 1.64. The zero-order valence-corrected chi connectivity index (χ0v) is 26.9. The zero-order chi connectivity index (χ0) is 22.6. The van der Waals surface area contributed by atoms with Gasteiger partial charge in [0.05, 0.1) is 23.9 Å². The molecular weight excluding hydrogens is 480 g/mol. The summed E-state index contributed by atoms with van der Waals surface area (Å²) in [7, 11) is 0. The van der Waals surface area contributed by atoms with Crippen molar-refractivity contribution < 1.29 is 178 Å². The second-order valence-corrected chi connectivity index (χ2v) is 5.33. The summed E-state index contributed by atoms with van der Waals surface area (Å²) in [5.41, 5.74) is 0. The minimum atomic E-state index is -1.54. The topological polar surface area (TPSA) is 242 Å². The van der Waals surface area contributed by atoms with E-state index >= 15 is 0 Å². The van der Waals surface area contributed by atoms with E-state index in [4.69, 9.17) is 10.2 Å². The molecule has 0 spiro atoms. The van der Waals surface area contributed by atoms with Crippen molar-refractivity contribution in [3.63, 3.8) is 0 Å². The minimum absolute atomic E-state index is 0. The second-order valence-electron chi connectivity index (χ2n) is 5.33. The third kappa shape index (κ3) is 25.4. The molecule has 2 N–H and O–H groups in total. The van der Waals surface area contributed by atoms with Gasteiger partial charge in [-0.2, -0.15) is 0 Å². The number of carboxylic acid groups (broad SMARTS) is 6. The fraction of sp³-hybridized carbons (Fsp3) is 0.571. The molecule has 0 amide bonds. The van der Waals surface area contributed by atoms with Crippen LogP contribution < -0.4 is 139 Å². The van der Waals surface area contributed by atoms with Gasteiger partial charge in [-0.1, -0.05) is 0 Å². The first-order chi connectivity index (χ1) is 12.7. The van der Waals surface area contributed by atoms with Crippen LogP contribution in [0.5, 0.6) is 0 Å². The van der Waals surface area contributed by atoms with E-state index in [0.29, 0.717) is 9.80 Å². The molecule has 0 aromatic rings. The van der Waals surface area contributed by atoms with E-state index in [-0.39, 0.29) is 118 Å². The summed E-state index contributed by atoms with van der Waals surface area (Å²) in [6.45, 7) is -0.700. The first-order valence-corrected chi connectivity index (χ1v) is 7.42. The molecule has 0 radical (unpaired) electrons. The molecule has 0 rings (SSSR count). The van der Waals surface area contributed by atoms with Crippen molar-refractivity contribution in [2.75, 3.05) is 26.2 Å². The Hall–Kier alpha value is 0.740. The average Bonchev–Trinajstić information content (AvgIpc) is 2.50. The van der Waals surface area contributed by atoms with Gasteiger partial charge in [0.15, 0.2) is 0 Å². The SMILES string of the molecule is CC(C(=O)O)N(CC(=O)[O-])CC(=O)[O-].CC(C(=O)O)N(CC(=O)[O-])CC(=O)[O-].[Na+].[Na+].[Na+].[Na+]. The third-order valence-corrected chi connectivity index (χ3v) is 3.14. The van der Waals surface area contributed by atoms with Gasteiger partial charge in [-0.25, -0.2) is 0 Å². The van der Waals surface area contributed by atoms with Crippen molar-refractivity contribution in [3.05, 3.63) is 0 Å². The molecule has 0 saturated carbocycles. The Kier molecular flexibility index (Phi) is 35.8. The maximum absolute atomic E-state index is 10.4. The summed E-state index contributed by atoms with van der Waals surface area (Å²) in [5, 5.41) is 57.7. The van der Waals surface area contributed by atoms with E-state index in [1.165, 1.54) is 13.8 Å². The summed E-state index contributed by atoms with van der Waals surface area (Å²) in [6.07, 6.45) is 0. The summed E-state index contributed by atoms with van der Waals surface area (Å²) < 4.78 is 0. The van der Waals surface area contributed by atoms with Crippen LogP contribution in [0, 0.1) is 0 Å². The molecule has 0 aromatic carbocycles. The summed E-state index contributed by atoms with van der Waals surface area (Å²) in [5.74, 6) is -8.79. The quantitative estimate of drug-likeness (QED) is 0.237. The number of hydrogen-bond acceptors (Lipinski definition) is 12. The Morgan fingerprint density at radius 3 is 0.812 bits per heavy atom. The van der Waals surface area contributed by atoms with E-state index in [0.717, 1.165) is 0 Å². The van der Waals surface area contributed by atoms with Crippen LogP contribution in [0.25, 0.3) is 0 Å². The van der Waals surface area contributed by atoms with Crippen LogP contribution in [0.15, 0.2) is 0 Å². The largest absolute Gasteiger partial charge is 1.00 e. The van der Waals surface area contributed by atoms with E-state index in [1.54, 1.807) is 0 Å². The Balaban J connectivity index is -0.0000000939. The molecule has 0 heterocycles. The maximum atomic E-state index is 10.4. The molecule has 2 atom stereocenters. The Bertz CT molecular complexity index is 539. The molecule has 0 saturated heterocycles. The molecule has 0 fully saturated rings. The molecule has 0 aliphatic carbocycles. The van der Waals surface area contributed by atoms with Crippen molar-refractivity contribution >= 4 is 35.8 Å². The third-order valence-electron chi connectivity index (χ3n) is 3.14. The van der Waals surface area contributed by atoms with Crippen LogP contribution in [-0.2, 0) is 28.8 Å². The fourth-order valence-corrected chi connectivity index (χ4v) is 1.64. The minimum Gasteiger partial charge on any atom is -0.549 e. The van der Waals surface area contributed by atoms with E-state index in [9.17, 15) is 49.2 Å². The van der Waals surface area contributed by atoms with Crippen molar-refractivity contribution in [1.29, 1.82) is 0 Å². The molecule has 0 aromatic heterocycles. The first-order valence-electron chi connectivity index (χ1n) is 7.42. The number of carbonyl (C=O) groups is 6. The van der Waals surface area contributed by atoms with Crippen LogP contribution in [0.3, 0.4) is 0 Å². The molecule has 14 nitrogen and oxygen atoms in total. The number of carbonyl (C=O) groups excluding carboxylic acids is 4. The van der Waals surface area contributed by atoms with E-state index in [2.05, 4.69) is 0 Å². The van der Waals surface area contributed by atoms with Crippen molar-refractivity contribution in [2.45, 2.75) is 25.9 Å². The number of rotatable bonds is 12. The zero-order valence-electron chi connectivity index (χ0n) is 18.9. The van der Waals surface area contributed by atoms with Crippen molar-refractivity contribution in [2.24, 2.45) is 0 Å². The van der Waals surface area contributed by atoms with Crippen molar-refractivity contribution in [3.8, 4) is 0 Å². The van der Waals surface area contributed by atoms with Crippen LogP contribution in [0.1, 0.15) is 13.8 Å². The Morgan fingerprint density at radius 1 is 0.562 bits per heavy atom. The number of aliphatic carboxylic acids is 6. The molecule has 18 heteroatoms. The van der Waals surface area contributed by atoms with Crippen LogP contribution in [0.4, 0.5) is 0 Å². The maximum Gasteiger partial charge on any atom is 1.00 e. The van der Waals surface area contributed by atoms with Crippen LogP contribution in [0.2, 0.25) is 0 Å². The van der Waals surface area contributed by atoms with Gasteiger partial charge >= 0.3 is 130 Å². The molecule has 32 heavy (non-hydrogen) atoms. The van der Waals surface area contributed by atoms with Gasteiger partial charge in [0.1, 0.15) is 12.1 Å². The van der Waals surface area contributed by atoms with Gasteiger partial charge in [0.25, 0.3) is 0 Å². The molecule has 0 bridgehead atoms. The Labute approximate surface area is 271 Å². The van der Waals surface area contributed by atoms with E-state index < -0.39 is 74.1 Å². The number of nitrogens with zero attached hydrogens (tertiary/aromatic N) is 2. The van der Waals surface area contributed by atoms with Crippen LogP contribution >= 0.6 is 0 Å². The summed E-state index contributed by atoms with van der Waals surface area (Å²) >= 11 is 0. The van der Waals surface area contributed by atoms with E-state index in [1.807, 2.05) is 0 Å². The summed E-state index contributed by atoms with van der Waals surface area (Å²) in [4.78, 5) is 62.9. The van der Waals surface area contributed by atoms with Gasteiger partial charge < -0.3 is 49.8 Å². The normalized spacial score (nSPS) is 10.9. The van der Waals surface area contributed by atoms with Crippen molar-refractivity contribution in [1.82, 2.24) is 9.80 Å². The monoisotopic (exact) mass is 498 g/mol. The predicted molar refractivity (Wildman–Crippen MR) is 77.4 cm³/mol. The molecule has 2 unspecified atom stereocenters. The van der Waals surface area contributed by atoms with Gasteiger partial charge in [-0.15, -0.1) is 0 Å². The molecular formula is C14H18N2Na4O12. The summed E-state index contributed by atoms with van der Waals surface area (Å²) in [6, 6.07) is -2.43. The van der Waals surface area contributed by atoms with Crippen LogP contribution in [-0.4, -0.2) is 94.1 Å². The second kappa shape index (κ2) is 24.9. The van der Waals surface area contributed by atoms with Gasteiger partial charge in [0.2, 0.25) is 0 Å². The molecule has 0 aliphatic heterocycles. The standard InChI is InChI=1S/2C7H11NO6.4Na/c2*1-4(7(13)14)8(2-5(9)10)3-6(11)12;;;;/h2*4H,2-3H2,1H3,(H,9,10)(H,11,12)(H,13,14);;;;/q;;4*+1/p-4. The number of carboxylic acids is 6. The average molecular weight is 498 g/mol. The number of hydrogen-bond donors (Lipinski definition) is 2. The van der Waals surface area contributed by atoms with Gasteiger partial charge in [-0.05, 0) is 13.8 Å². The van der Waals surface area contributed by atoms with Gasteiger partial charge in [-0.3, -0.25) is 19.4 Å². The molecule has 0 aliphatic rings. The van der Waals surface area contributed by atoms with Gasteiger partial charge in [0, 0.05) is 26.2 Å². The predicted octanol–water partition coefficient (Wildman–Crippen LogP) is -19.5.